The minimum Gasteiger partial charge on any atom is -0.481 e. The highest BCUT2D eigenvalue weighted by atomic mass is 16.4. The SMILES string of the molecule is CC(C(=O)O)C(=O)CN.CCCCCC(=O)O. The predicted molar refractivity (Wildman–Crippen MR) is 62.6 cm³/mol. The van der Waals surface area contributed by atoms with Gasteiger partial charge in [-0.25, -0.2) is 0 Å². The van der Waals surface area contributed by atoms with E-state index in [1.54, 1.807) is 0 Å². The summed E-state index contributed by atoms with van der Waals surface area (Å²) < 4.78 is 0. The highest BCUT2D eigenvalue weighted by molar-refractivity contribution is 5.98. The Hall–Kier alpha value is -1.43. The van der Waals surface area contributed by atoms with Gasteiger partial charge in [0.25, 0.3) is 0 Å². The molecule has 0 saturated carbocycles. The lowest BCUT2D eigenvalue weighted by atomic mass is 10.1. The zero-order valence-corrected chi connectivity index (χ0v) is 10.3. The highest BCUT2D eigenvalue weighted by Crippen LogP contribution is 1.97. The summed E-state index contributed by atoms with van der Waals surface area (Å²) in [6, 6.07) is 0. The van der Waals surface area contributed by atoms with E-state index in [0.717, 1.165) is 19.3 Å². The van der Waals surface area contributed by atoms with Crippen LogP contribution < -0.4 is 5.73 Å². The number of ketones is 1. The summed E-state index contributed by atoms with van der Waals surface area (Å²) in [5.41, 5.74) is 4.90. The van der Waals surface area contributed by atoms with Crippen LogP contribution in [0.4, 0.5) is 0 Å². The molecule has 1 unspecified atom stereocenters. The maximum atomic E-state index is 10.4. The van der Waals surface area contributed by atoms with Crippen molar-refractivity contribution in [2.45, 2.75) is 39.5 Å². The van der Waals surface area contributed by atoms with Gasteiger partial charge < -0.3 is 15.9 Å². The molecule has 0 heterocycles. The fraction of sp³-hybridized carbons (Fsp3) is 0.727. The molecule has 0 aromatic carbocycles. The van der Waals surface area contributed by atoms with E-state index in [4.69, 9.17) is 15.9 Å². The Morgan fingerprint density at radius 3 is 1.94 bits per heavy atom. The second-order valence-corrected chi connectivity index (χ2v) is 3.58. The number of carboxylic acids is 2. The molecule has 100 valence electrons. The molecule has 0 saturated heterocycles. The number of carbonyl (C=O) groups is 3. The number of carboxylic acid groups (broad SMARTS) is 2. The van der Waals surface area contributed by atoms with Crippen LogP contribution in [0.1, 0.15) is 39.5 Å². The number of hydrogen-bond acceptors (Lipinski definition) is 4. The second-order valence-electron chi connectivity index (χ2n) is 3.58. The van der Waals surface area contributed by atoms with E-state index in [1.165, 1.54) is 6.92 Å². The number of aliphatic carboxylic acids is 2. The molecule has 6 nitrogen and oxygen atoms in total. The van der Waals surface area contributed by atoms with Crippen LogP contribution in [0.3, 0.4) is 0 Å². The first kappa shape index (κ1) is 17.9. The number of unbranched alkanes of at least 4 members (excludes halogenated alkanes) is 2. The quantitative estimate of drug-likeness (QED) is 0.454. The molecule has 0 fully saturated rings. The third-order valence-corrected chi connectivity index (χ3v) is 2.05. The first-order chi connectivity index (χ1) is 7.86. The summed E-state index contributed by atoms with van der Waals surface area (Å²) >= 11 is 0. The molecular formula is C11H21NO5. The summed E-state index contributed by atoms with van der Waals surface area (Å²) in [5.74, 6) is -3.21. The maximum Gasteiger partial charge on any atom is 0.313 e. The Balaban J connectivity index is 0. The molecule has 4 N–H and O–H groups in total. The van der Waals surface area contributed by atoms with Crippen LogP contribution in [0.15, 0.2) is 0 Å². The van der Waals surface area contributed by atoms with Gasteiger partial charge in [-0.15, -0.1) is 0 Å². The van der Waals surface area contributed by atoms with Gasteiger partial charge in [0.05, 0.1) is 6.54 Å². The van der Waals surface area contributed by atoms with Crippen LogP contribution in [0.2, 0.25) is 0 Å². The Kier molecular flexibility index (Phi) is 11.7. The lowest BCUT2D eigenvalue weighted by Crippen LogP contribution is -2.26. The first-order valence-electron chi connectivity index (χ1n) is 5.54. The van der Waals surface area contributed by atoms with Crippen LogP contribution in [-0.4, -0.2) is 34.5 Å². The zero-order chi connectivity index (χ0) is 13.8. The second kappa shape index (κ2) is 11.1. The molecule has 6 heteroatoms. The molecule has 0 rings (SSSR count). The van der Waals surface area contributed by atoms with E-state index >= 15 is 0 Å². The van der Waals surface area contributed by atoms with Crippen molar-refractivity contribution in [2.24, 2.45) is 11.7 Å². The van der Waals surface area contributed by atoms with Gasteiger partial charge in [0.1, 0.15) is 5.92 Å². The van der Waals surface area contributed by atoms with Crippen molar-refractivity contribution in [3.8, 4) is 0 Å². The molecule has 17 heavy (non-hydrogen) atoms. The molecule has 0 amide bonds. The van der Waals surface area contributed by atoms with Crippen molar-refractivity contribution >= 4 is 17.7 Å². The number of Topliss-reactive ketones (excluding diaryl/α,β-unsaturated/α-hetero) is 1. The van der Waals surface area contributed by atoms with Crippen LogP contribution in [-0.2, 0) is 14.4 Å². The van der Waals surface area contributed by atoms with E-state index in [-0.39, 0.29) is 6.54 Å². The largest absolute Gasteiger partial charge is 0.481 e. The van der Waals surface area contributed by atoms with Gasteiger partial charge in [0.15, 0.2) is 5.78 Å². The Labute approximate surface area is 101 Å². The van der Waals surface area contributed by atoms with Gasteiger partial charge >= 0.3 is 11.9 Å². The van der Waals surface area contributed by atoms with E-state index < -0.39 is 23.6 Å². The predicted octanol–water partition coefficient (Wildman–Crippen LogP) is 0.886. The maximum absolute atomic E-state index is 10.4. The fourth-order valence-corrected chi connectivity index (χ4v) is 0.841. The van der Waals surface area contributed by atoms with Crippen LogP contribution >= 0.6 is 0 Å². The molecule has 0 aliphatic rings. The Morgan fingerprint density at radius 1 is 1.18 bits per heavy atom. The Bertz CT molecular complexity index is 252. The molecule has 0 aromatic rings. The zero-order valence-electron chi connectivity index (χ0n) is 10.3. The average molecular weight is 247 g/mol. The van der Waals surface area contributed by atoms with E-state index in [0.29, 0.717) is 6.42 Å². The molecular weight excluding hydrogens is 226 g/mol. The molecule has 1 atom stereocenters. The van der Waals surface area contributed by atoms with E-state index in [1.807, 2.05) is 0 Å². The minimum absolute atomic E-state index is 0.201. The number of nitrogens with two attached hydrogens (primary N) is 1. The molecule has 0 bridgehead atoms. The van der Waals surface area contributed by atoms with Crippen LogP contribution in [0, 0.1) is 5.92 Å². The molecule has 0 aliphatic carbocycles. The van der Waals surface area contributed by atoms with Gasteiger partial charge in [0, 0.05) is 6.42 Å². The summed E-state index contributed by atoms with van der Waals surface area (Å²) in [6.07, 6.45) is 3.28. The monoisotopic (exact) mass is 247 g/mol. The minimum atomic E-state index is -1.12. The summed E-state index contributed by atoms with van der Waals surface area (Å²) in [4.78, 5) is 30.3. The summed E-state index contributed by atoms with van der Waals surface area (Å²) in [7, 11) is 0. The topological polar surface area (TPSA) is 118 Å². The number of rotatable bonds is 7. The normalized spacial score (nSPS) is 11.0. The van der Waals surface area contributed by atoms with Gasteiger partial charge in [-0.2, -0.15) is 0 Å². The number of hydrogen-bond donors (Lipinski definition) is 3. The lowest BCUT2D eigenvalue weighted by Gasteiger charge is -1.99. The van der Waals surface area contributed by atoms with Crippen LogP contribution in [0.5, 0.6) is 0 Å². The van der Waals surface area contributed by atoms with Gasteiger partial charge in [-0.1, -0.05) is 19.8 Å². The highest BCUT2D eigenvalue weighted by Gasteiger charge is 2.17. The van der Waals surface area contributed by atoms with Gasteiger partial charge in [-0.3, -0.25) is 14.4 Å². The molecule has 0 spiro atoms. The standard InChI is InChI=1S/C6H12O2.C5H9NO3/c1-2-3-4-5-6(7)8;1-3(5(8)9)4(7)2-6/h2-5H2,1H3,(H,7,8);3H,2,6H2,1H3,(H,8,9). The number of carbonyl (C=O) groups excluding carboxylic acids is 1. The summed E-state index contributed by atoms with van der Waals surface area (Å²) in [5, 5.41) is 16.3. The fourth-order valence-electron chi connectivity index (χ4n) is 0.841. The molecule has 0 aliphatic heterocycles. The van der Waals surface area contributed by atoms with Crippen molar-refractivity contribution < 1.29 is 24.6 Å². The van der Waals surface area contributed by atoms with Crippen molar-refractivity contribution in [1.82, 2.24) is 0 Å². The van der Waals surface area contributed by atoms with E-state index in [2.05, 4.69) is 6.92 Å². The van der Waals surface area contributed by atoms with Gasteiger partial charge in [-0.05, 0) is 13.3 Å². The first-order valence-corrected chi connectivity index (χ1v) is 5.54. The van der Waals surface area contributed by atoms with E-state index in [9.17, 15) is 14.4 Å². The Morgan fingerprint density at radius 2 is 1.71 bits per heavy atom. The molecule has 0 aromatic heterocycles. The van der Waals surface area contributed by atoms with Crippen LogP contribution in [0.25, 0.3) is 0 Å². The van der Waals surface area contributed by atoms with Crippen molar-refractivity contribution in [3.63, 3.8) is 0 Å². The summed E-state index contributed by atoms with van der Waals surface area (Å²) in [6.45, 7) is 3.17. The van der Waals surface area contributed by atoms with Gasteiger partial charge in [0.2, 0.25) is 0 Å². The smallest absolute Gasteiger partial charge is 0.313 e. The third-order valence-electron chi connectivity index (χ3n) is 2.05. The van der Waals surface area contributed by atoms with Crippen molar-refractivity contribution in [3.05, 3.63) is 0 Å². The van der Waals surface area contributed by atoms with Crippen molar-refractivity contribution in [2.75, 3.05) is 6.54 Å². The lowest BCUT2D eigenvalue weighted by molar-refractivity contribution is -0.145. The average Bonchev–Trinajstić information content (AvgIpc) is 2.27. The molecule has 0 radical (unpaired) electrons. The van der Waals surface area contributed by atoms with Crippen molar-refractivity contribution in [1.29, 1.82) is 0 Å². The third kappa shape index (κ3) is 12.5.